The maximum Gasteiger partial charge on any atom is 0.327 e. The summed E-state index contributed by atoms with van der Waals surface area (Å²) < 4.78 is 0. The first-order valence-corrected chi connectivity index (χ1v) is 4.63. The van der Waals surface area contributed by atoms with Gasteiger partial charge in [0, 0.05) is 18.8 Å². The maximum atomic E-state index is 11.3. The zero-order valence-corrected chi connectivity index (χ0v) is 7.88. The highest BCUT2D eigenvalue weighted by Gasteiger charge is 2.28. The van der Waals surface area contributed by atoms with Crippen molar-refractivity contribution in [2.45, 2.75) is 6.04 Å². The van der Waals surface area contributed by atoms with Gasteiger partial charge in [0.2, 0.25) is 5.91 Å². The lowest BCUT2D eigenvalue weighted by Gasteiger charge is -2.27. The fraction of sp³-hybridized carbons (Fsp3) is 0.714. The Bertz CT molecular complexity index is 218. The molecule has 0 aliphatic carbocycles. The second-order valence-corrected chi connectivity index (χ2v) is 3.30. The number of amides is 1. The van der Waals surface area contributed by atoms with Gasteiger partial charge in [-0.1, -0.05) is 0 Å². The van der Waals surface area contributed by atoms with Gasteiger partial charge >= 0.3 is 5.97 Å². The molecule has 1 rings (SSSR count). The fourth-order valence-electron chi connectivity index (χ4n) is 0.949. The van der Waals surface area contributed by atoms with Crippen LogP contribution in [0.5, 0.6) is 0 Å². The zero-order chi connectivity index (χ0) is 9.84. The summed E-state index contributed by atoms with van der Waals surface area (Å²) in [6.45, 7) is 1.26. The van der Waals surface area contributed by atoms with E-state index in [-0.39, 0.29) is 17.6 Å². The Labute approximate surface area is 81.3 Å². The molecule has 0 spiro atoms. The predicted octanol–water partition coefficient (Wildman–Crippen LogP) is -1.29. The highest BCUT2D eigenvalue weighted by molar-refractivity contribution is 7.80. The molecule has 0 radical (unpaired) electrons. The minimum atomic E-state index is -1.05. The number of thiol groups is 1. The molecule has 0 bridgehead atoms. The first-order chi connectivity index (χ1) is 6.15. The molecule has 74 valence electrons. The molecule has 0 aromatic rings. The van der Waals surface area contributed by atoms with E-state index in [1.165, 1.54) is 0 Å². The lowest BCUT2D eigenvalue weighted by atomic mass is 10.0. The van der Waals surface area contributed by atoms with E-state index in [9.17, 15) is 9.59 Å². The van der Waals surface area contributed by atoms with Gasteiger partial charge in [0.25, 0.3) is 0 Å². The van der Waals surface area contributed by atoms with E-state index in [1.54, 1.807) is 0 Å². The monoisotopic (exact) mass is 204 g/mol. The average Bonchev–Trinajstić information content (AvgIpc) is 1.96. The highest BCUT2D eigenvalue weighted by atomic mass is 32.1. The van der Waals surface area contributed by atoms with Crippen LogP contribution >= 0.6 is 12.6 Å². The summed E-state index contributed by atoms with van der Waals surface area (Å²) in [6.07, 6.45) is 0. The Morgan fingerprint density at radius 1 is 1.62 bits per heavy atom. The molecule has 1 fully saturated rings. The molecule has 1 unspecified atom stereocenters. The first kappa shape index (κ1) is 10.3. The largest absolute Gasteiger partial charge is 0.480 e. The molecular weight excluding hydrogens is 192 g/mol. The summed E-state index contributed by atoms with van der Waals surface area (Å²) in [5.74, 6) is -1.22. The standard InChI is InChI=1S/C7H12N2O3S/c10-6(4-1-8-2-4)9-5(3-13)7(11)12/h4-5,8,13H,1-3H2,(H,9,10)(H,11,12). The van der Waals surface area contributed by atoms with Crippen molar-refractivity contribution in [1.29, 1.82) is 0 Å². The average molecular weight is 204 g/mol. The number of carbonyl (C=O) groups excluding carboxylic acids is 1. The number of nitrogens with one attached hydrogen (secondary N) is 2. The number of carbonyl (C=O) groups is 2. The number of carboxylic acid groups (broad SMARTS) is 1. The molecule has 1 amide bonds. The number of hydrogen-bond donors (Lipinski definition) is 4. The minimum absolute atomic E-state index is 0.0817. The number of aliphatic carboxylic acids is 1. The van der Waals surface area contributed by atoms with E-state index in [1.807, 2.05) is 0 Å². The van der Waals surface area contributed by atoms with Gasteiger partial charge < -0.3 is 15.7 Å². The molecule has 1 atom stereocenters. The quantitative estimate of drug-likeness (QED) is 0.429. The molecular formula is C7H12N2O3S. The van der Waals surface area contributed by atoms with Crippen LogP contribution in [0.4, 0.5) is 0 Å². The molecule has 13 heavy (non-hydrogen) atoms. The lowest BCUT2D eigenvalue weighted by Crippen LogP contribution is -2.54. The topological polar surface area (TPSA) is 78.4 Å². The van der Waals surface area contributed by atoms with Crippen LogP contribution < -0.4 is 10.6 Å². The third-order valence-electron chi connectivity index (χ3n) is 1.95. The third-order valence-corrected chi connectivity index (χ3v) is 2.31. The van der Waals surface area contributed by atoms with Crippen LogP contribution in [0.3, 0.4) is 0 Å². The fourth-order valence-corrected chi connectivity index (χ4v) is 1.20. The van der Waals surface area contributed by atoms with Gasteiger partial charge in [-0.15, -0.1) is 0 Å². The second kappa shape index (κ2) is 4.48. The Morgan fingerprint density at radius 3 is 2.54 bits per heavy atom. The maximum absolute atomic E-state index is 11.3. The van der Waals surface area contributed by atoms with E-state index in [0.29, 0.717) is 13.1 Å². The molecule has 0 saturated carbocycles. The zero-order valence-electron chi connectivity index (χ0n) is 6.99. The van der Waals surface area contributed by atoms with Crippen molar-refractivity contribution in [3.05, 3.63) is 0 Å². The van der Waals surface area contributed by atoms with Crippen molar-refractivity contribution in [1.82, 2.24) is 10.6 Å². The van der Waals surface area contributed by atoms with Crippen molar-refractivity contribution < 1.29 is 14.7 Å². The molecule has 0 aromatic heterocycles. The van der Waals surface area contributed by atoms with Crippen LogP contribution in [0.2, 0.25) is 0 Å². The molecule has 3 N–H and O–H groups in total. The van der Waals surface area contributed by atoms with E-state index < -0.39 is 12.0 Å². The molecule has 1 aliphatic heterocycles. The molecule has 1 saturated heterocycles. The van der Waals surface area contributed by atoms with E-state index in [0.717, 1.165) is 0 Å². The SMILES string of the molecule is O=C(NC(CS)C(=O)O)C1CNC1. The molecule has 5 nitrogen and oxygen atoms in total. The number of carboxylic acids is 1. The van der Waals surface area contributed by atoms with Gasteiger partial charge in [0.05, 0.1) is 5.92 Å². The van der Waals surface area contributed by atoms with Crippen LogP contribution in [0.25, 0.3) is 0 Å². The van der Waals surface area contributed by atoms with Gasteiger partial charge in [-0.2, -0.15) is 12.6 Å². The first-order valence-electron chi connectivity index (χ1n) is 4.00. The Balaban J connectivity index is 2.36. The van der Waals surface area contributed by atoms with Gasteiger partial charge in [0.15, 0.2) is 0 Å². The van der Waals surface area contributed by atoms with Crippen LogP contribution in [0.1, 0.15) is 0 Å². The van der Waals surface area contributed by atoms with Crippen LogP contribution in [-0.2, 0) is 9.59 Å². The number of rotatable bonds is 4. The minimum Gasteiger partial charge on any atom is -0.480 e. The summed E-state index contributed by atoms with van der Waals surface area (Å²) in [4.78, 5) is 21.8. The van der Waals surface area contributed by atoms with Crippen LogP contribution in [0, 0.1) is 5.92 Å². The van der Waals surface area contributed by atoms with Gasteiger partial charge in [-0.25, -0.2) is 4.79 Å². The van der Waals surface area contributed by atoms with E-state index >= 15 is 0 Å². The summed E-state index contributed by atoms with van der Waals surface area (Å²) in [7, 11) is 0. The van der Waals surface area contributed by atoms with Crippen LogP contribution in [-0.4, -0.2) is 41.9 Å². The lowest BCUT2D eigenvalue weighted by molar-refractivity contribution is -0.142. The van der Waals surface area contributed by atoms with Crippen LogP contribution in [0.15, 0.2) is 0 Å². The van der Waals surface area contributed by atoms with Crippen molar-refractivity contribution in [3.8, 4) is 0 Å². The molecule has 6 heteroatoms. The van der Waals surface area contributed by atoms with E-state index in [2.05, 4.69) is 23.3 Å². The summed E-state index contributed by atoms with van der Waals surface area (Å²) >= 11 is 3.83. The molecule has 0 aromatic carbocycles. The van der Waals surface area contributed by atoms with Crippen molar-refractivity contribution in [2.24, 2.45) is 5.92 Å². The highest BCUT2D eigenvalue weighted by Crippen LogP contribution is 2.03. The van der Waals surface area contributed by atoms with Gasteiger partial charge in [0.1, 0.15) is 6.04 Å². The Kier molecular flexibility index (Phi) is 3.56. The van der Waals surface area contributed by atoms with Crippen molar-refractivity contribution in [2.75, 3.05) is 18.8 Å². The Morgan fingerprint density at radius 2 is 2.23 bits per heavy atom. The number of hydrogen-bond acceptors (Lipinski definition) is 4. The van der Waals surface area contributed by atoms with E-state index in [4.69, 9.17) is 5.11 Å². The smallest absolute Gasteiger partial charge is 0.327 e. The van der Waals surface area contributed by atoms with Gasteiger partial charge in [-0.3, -0.25) is 4.79 Å². The summed E-state index contributed by atoms with van der Waals surface area (Å²) in [5.41, 5.74) is 0. The normalized spacial score (nSPS) is 18.8. The molecule has 1 aliphatic rings. The summed E-state index contributed by atoms with van der Waals surface area (Å²) in [5, 5.41) is 14.0. The van der Waals surface area contributed by atoms with Gasteiger partial charge in [-0.05, 0) is 0 Å². The van der Waals surface area contributed by atoms with Crippen molar-refractivity contribution in [3.63, 3.8) is 0 Å². The second-order valence-electron chi connectivity index (χ2n) is 2.94. The van der Waals surface area contributed by atoms with Crippen molar-refractivity contribution >= 4 is 24.5 Å². The third kappa shape index (κ3) is 2.60. The molecule has 1 heterocycles. The Hall–Kier alpha value is -0.750. The predicted molar refractivity (Wildman–Crippen MR) is 49.8 cm³/mol. The summed E-state index contributed by atoms with van der Waals surface area (Å²) in [6, 6.07) is -0.878.